The summed E-state index contributed by atoms with van der Waals surface area (Å²) < 4.78 is 0. The van der Waals surface area contributed by atoms with Crippen LogP contribution in [0.1, 0.15) is 55.6 Å². The predicted molar refractivity (Wildman–Crippen MR) is 218 cm³/mol. The van der Waals surface area contributed by atoms with Crippen LogP contribution in [-0.2, 0) is 10.8 Å². The lowest BCUT2D eigenvalue weighted by Gasteiger charge is -2.56. The van der Waals surface area contributed by atoms with E-state index in [-0.39, 0.29) is 0 Å². The van der Waals surface area contributed by atoms with Crippen LogP contribution in [0.15, 0.2) is 183 Å². The molecule has 0 saturated carbocycles. The Labute approximate surface area is 315 Å². The Bertz CT molecular complexity index is 2620. The molecule has 0 amide bonds. The third kappa shape index (κ3) is 3.87. The number of para-hydroxylation sites is 3. The Hall–Kier alpha value is -6.78. The highest BCUT2D eigenvalue weighted by Gasteiger charge is 2.58. The van der Waals surface area contributed by atoms with Gasteiger partial charge in [0.25, 0.3) is 0 Å². The number of rotatable bonds is 2. The molecule has 3 heterocycles. The molecule has 4 nitrogen and oxygen atoms in total. The standard InChI is InChI=1S/C50H36N4/c1-33-24-26-47-43(28-33)50(44-29-34(2)25-27-48(44)53(47)35-14-4-3-5-15-35)39-18-8-6-16-37(39)49(38-17-7-9-19-40(38)50)41-20-10-12-22-45(41)54(36-30-51-32-52-31-36)46-23-13-11-21-42(46)49/h3-32H,1-2H3. The van der Waals surface area contributed by atoms with E-state index in [1.807, 2.05) is 12.4 Å². The zero-order valence-electron chi connectivity index (χ0n) is 30.1. The molecule has 0 radical (unpaired) electrons. The van der Waals surface area contributed by atoms with Gasteiger partial charge in [-0.1, -0.05) is 139 Å². The van der Waals surface area contributed by atoms with E-state index in [0.717, 1.165) is 22.7 Å². The van der Waals surface area contributed by atoms with E-state index < -0.39 is 10.8 Å². The number of benzene rings is 7. The van der Waals surface area contributed by atoms with Gasteiger partial charge in [-0.15, -0.1) is 0 Å². The van der Waals surface area contributed by atoms with Gasteiger partial charge in [0.15, 0.2) is 0 Å². The van der Waals surface area contributed by atoms with Crippen molar-refractivity contribution in [2.45, 2.75) is 24.7 Å². The van der Waals surface area contributed by atoms with Crippen LogP contribution >= 0.6 is 0 Å². The van der Waals surface area contributed by atoms with Crippen molar-refractivity contribution in [1.29, 1.82) is 0 Å². The Morgan fingerprint density at radius 2 is 0.722 bits per heavy atom. The first-order chi connectivity index (χ1) is 26.6. The van der Waals surface area contributed by atoms with Crippen LogP contribution < -0.4 is 9.80 Å². The van der Waals surface area contributed by atoms with E-state index in [9.17, 15) is 0 Å². The van der Waals surface area contributed by atoms with E-state index in [4.69, 9.17) is 0 Å². The van der Waals surface area contributed by atoms with Gasteiger partial charge in [0.1, 0.15) is 6.33 Å². The molecule has 256 valence electrons. The maximum atomic E-state index is 4.47. The first-order valence-electron chi connectivity index (χ1n) is 18.6. The van der Waals surface area contributed by atoms with Gasteiger partial charge < -0.3 is 9.80 Å². The fraction of sp³-hybridized carbons (Fsp3) is 0.0800. The summed E-state index contributed by atoms with van der Waals surface area (Å²) in [4.78, 5) is 13.7. The maximum Gasteiger partial charge on any atom is 0.115 e. The smallest absolute Gasteiger partial charge is 0.115 e. The number of hydrogen-bond donors (Lipinski definition) is 0. The Balaban J connectivity index is 1.32. The van der Waals surface area contributed by atoms with Crippen LogP contribution in [0.2, 0.25) is 0 Å². The fourth-order valence-corrected chi connectivity index (χ4v) is 10.1. The van der Waals surface area contributed by atoms with Crippen LogP contribution in [0.25, 0.3) is 0 Å². The Morgan fingerprint density at radius 3 is 1.20 bits per heavy atom. The molecule has 2 spiro atoms. The third-order valence-electron chi connectivity index (χ3n) is 12.0. The van der Waals surface area contributed by atoms with Crippen LogP contribution in [0.5, 0.6) is 0 Å². The molecule has 0 saturated heterocycles. The van der Waals surface area contributed by atoms with Crippen LogP contribution in [0.3, 0.4) is 0 Å². The summed E-state index contributed by atoms with van der Waals surface area (Å²) in [7, 11) is 0. The number of fused-ring (bicyclic) bond motifs is 14. The molecule has 0 atom stereocenters. The van der Waals surface area contributed by atoms with E-state index >= 15 is 0 Å². The van der Waals surface area contributed by atoms with Gasteiger partial charge in [-0.05, 0) is 94.8 Å². The molecule has 7 aromatic carbocycles. The van der Waals surface area contributed by atoms with Gasteiger partial charge in [0.05, 0.1) is 51.7 Å². The number of anilines is 6. The molecule has 4 heteroatoms. The molecular weight excluding hydrogens is 657 g/mol. The minimum atomic E-state index is -0.623. The largest absolute Gasteiger partial charge is 0.310 e. The molecule has 1 aliphatic carbocycles. The highest BCUT2D eigenvalue weighted by Crippen LogP contribution is 2.67. The lowest BCUT2D eigenvalue weighted by Crippen LogP contribution is -2.49. The number of hydrogen-bond acceptors (Lipinski definition) is 4. The molecule has 54 heavy (non-hydrogen) atoms. The van der Waals surface area contributed by atoms with E-state index in [0.29, 0.717) is 0 Å². The average molecular weight is 693 g/mol. The number of aryl methyl sites for hydroxylation is 2. The first kappa shape index (κ1) is 30.8. The van der Waals surface area contributed by atoms with Crippen molar-refractivity contribution in [3.63, 3.8) is 0 Å². The fourth-order valence-electron chi connectivity index (χ4n) is 10.1. The average Bonchev–Trinajstić information content (AvgIpc) is 3.23. The molecule has 3 aliphatic rings. The summed E-state index contributed by atoms with van der Waals surface area (Å²) in [5.74, 6) is 0. The van der Waals surface area contributed by atoms with Crippen molar-refractivity contribution in [3.8, 4) is 0 Å². The Kier molecular flexibility index (Phi) is 6.48. The highest BCUT2D eigenvalue weighted by molar-refractivity contribution is 5.95. The van der Waals surface area contributed by atoms with Gasteiger partial charge >= 0.3 is 0 Å². The van der Waals surface area contributed by atoms with Gasteiger partial charge in [0, 0.05) is 5.69 Å². The third-order valence-corrected chi connectivity index (χ3v) is 12.0. The van der Waals surface area contributed by atoms with Crippen molar-refractivity contribution in [2.24, 2.45) is 0 Å². The number of nitrogens with zero attached hydrogens (tertiary/aromatic N) is 4. The Morgan fingerprint density at radius 1 is 0.352 bits per heavy atom. The monoisotopic (exact) mass is 692 g/mol. The van der Waals surface area contributed by atoms with Gasteiger partial charge in [-0.25, -0.2) is 9.97 Å². The maximum absolute atomic E-state index is 4.47. The summed E-state index contributed by atoms with van der Waals surface area (Å²) in [5, 5.41) is 0. The van der Waals surface area contributed by atoms with E-state index in [1.54, 1.807) is 6.33 Å². The molecule has 2 aliphatic heterocycles. The van der Waals surface area contributed by atoms with E-state index in [1.165, 1.54) is 67.0 Å². The first-order valence-corrected chi connectivity index (χ1v) is 18.6. The van der Waals surface area contributed by atoms with Crippen LogP contribution in [0, 0.1) is 13.8 Å². The SMILES string of the molecule is Cc1ccc2c(c1)C1(c3cc(C)ccc3N2c2ccccc2)c2ccccc2C2(c3ccccc3N(c3cncnc3)c3ccccc32)c2ccccc21. The second-order valence-corrected chi connectivity index (χ2v) is 14.8. The van der Waals surface area contributed by atoms with Crippen molar-refractivity contribution < 1.29 is 0 Å². The molecule has 1 aromatic heterocycles. The topological polar surface area (TPSA) is 32.3 Å². The molecular formula is C50H36N4. The minimum absolute atomic E-state index is 0.610. The number of aromatic nitrogens is 2. The normalized spacial score (nSPS) is 15.1. The van der Waals surface area contributed by atoms with Gasteiger partial charge in [-0.3, -0.25) is 0 Å². The molecule has 0 bridgehead atoms. The second kappa shape index (κ2) is 11.4. The minimum Gasteiger partial charge on any atom is -0.310 e. The summed E-state index contributed by atoms with van der Waals surface area (Å²) in [6.45, 7) is 4.45. The lowest BCUT2D eigenvalue weighted by atomic mass is 9.49. The lowest BCUT2D eigenvalue weighted by molar-refractivity contribution is 0.607. The van der Waals surface area contributed by atoms with Crippen LogP contribution in [-0.4, -0.2) is 9.97 Å². The summed E-state index contributed by atoms with van der Waals surface area (Å²) >= 11 is 0. The molecule has 0 fully saturated rings. The van der Waals surface area contributed by atoms with Crippen LogP contribution in [0.4, 0.5) is 34.1 Å². The molecule has 8 aromatic rings. The predicted octanol–water partition coefficient (Wildman–Crippen LogP) is 11.7. The summed E-state index contributed by atoms with van der Waals surface area (Å²) in [6.07, 6.45) is 5.42. The van der Waals surface area contributed by atoms with E-state index in [2.05, 4.69) is 197 Å². The summed E-state index contributed by atoms with van der Waals surface area (Å²) in [5.41, 5.74) is 18.2. The quantitative estimate of drug-likeness (QED) is 0.181. The van der Waals surface area contributed by atoms with Gasteiger partial charge in [0.2, 0.25) is 0 Å². The summed E-state index contributed by atoms with van der Waals surface area (Å²) in [6, 6.07) is 61.3. The molecule has 0 N–H and O–H groups in total. The molecule has 11 rings (SSSR count). The zero-order valence-corrected chi connectivity index (χ0v) is 30.1. The van der Waals surface area contributed by atoms with Crippen molar-refractivity contribution in [1.82, 2.24) is 9.97 Å². The molecule has 0 unspecified atom stereocenters. The van der Waals surface area contributed by atoms with Crippen molar-refractivity contribution in [2.75, 3.05) is 9.80 Å². The zero-order chi connectivity index (χ0) is 36.0. The highest BCUT2D eigenvalue weighted by atomic mass is 15.2. The second-order valence-electron chi connectivity index (χ2n) is 14.8. The van der Waals surface area contributed by atoms with Crippen molar-refractivity contribution >= 4 is 34.1 Å². The van der Waals surface area contributed by atoms with Gasteiger partial charge in [-0.2, -0.15) is 0 Å². The van der Waals surface area contributed by atoms with Crippen molar-refractivity contribution in [3.05, 3.63) is 238 Å².